The molecular weight excluding hydrogens is 270 g/mol. The van der Waals surface area contributed by atoms with Gasteiger partial charge in [-0.15, -0.1) is 11.3 Å². The summed E-state index contributed by atoms with van der Waals surface area (Å²) in [5, 5.41) is 23.4. The number of carboxylic acids is 1. The second-order valence-electron chi connectivity index (χ2n) is 3.96. The second kappa shape index (κ2) is 7.05. The van der Waals surface area contributed by atoms with E-state index >= 15 is 0 Å². The first-order chi connectivity index (χ1) is 8.93. The molecule has 0 saturated carbocycles. The molecule has 2 unspecified atom stereocenters. The molecule has 0 aromatic carbocycles. The number of urea groups is 1. The van der Waals surface area contributed by atoms with Gasteiger partial charge in [0.25, 0.3) is 0 Å². The number of rotatable bonds is 6. The van der Waals surface area contributed by atoms with Gasteiger partial charge in [0.15, 0.2) is 6.04 Å². The summed E-state index contributed by atoms with van der Waals surface area (Å²) >= 11 is 1.49. The number of carbonyl (C=O) groups excluding carboxylic acids is 1. The number of hydrogen-bond donors (Lipinski definition) is 4. The molecule has 19 heavy (non-hydrogen) atoms. The Bertz CT molecular complexity index is 447. The van der Waals surface area contributed by atoms with Gasteiger partial charge in [-0.1, -0.05) is 6.92 Å². The Morgan fingerprint density at radius 1 is 1.53 bits per heavy atom. The van der Waals surface area contributed by atoms with E-state index in [1.54, 1.807) is 6.20 Å². The van der Waals surface area contributed by atoms with E-state index in [0.29, 0.717) is 0 Å². The SMILES string of the molecule is CCc1cnc(CNC(=O)NC(C(=O)O)C(C)O)s1. The normalized spacial score (nSPS) is 13.6. The van der Waals surface area contributed by atoms with Crippen LogP contribution in [0.15, 0.2) is 6.20 Å². The zero-order valence-corrected chi connectivity index (χ0v) is 11.5. The highest BCUT2D eigenvalue weighted by Gasteiger charge is 2.24. The predicted molar refractivity (Wildman–Crippen MR) is 70.0 cm³/mol. The highest BCUT2D eigenvalue weighted by Crippen LogP contribution is 2.12. The highest BCUT2D eigenvalue weighted by molar-refractivity contribution is 7.11. The van der Waals surface area contributed by atoms with Crippen molar-refractivity contribution < 1.29 is 19.8 Å². The third kappa shape index (κ3) is 4.84. The number of carboxylic acid groups (broad SMARTS) is 1. The van der Waals surface area contributed by atoms with Crippen LogP contribution in [0, 0.1) is 0 Å². The standard InChI is InChI=1S/C11H17N3O4S/c1-3-7-4-12-8(19-7)5-13-11(18)14-9(6(2)15)10(16)17/h4,6,9,15H,3,5H2,1-2H3,(H,16,17)(H2,13,14,18). The van der Waals surface area contributed by atoms with Gasteiger partial charge in [0.05, 0.1) is 12.6 Å². The second-order valence-corrected chi connectivity index (χ2v) is 5.16. The average molecular weight is 287 g/mol. The molecule has 0 radical (unpaired) electrons. The first-order valence-electron chi connectivity index (χ1n) is 5.82. The number of carbonyl (C=O) groups is 2. The van der Waals surface area contributed by atoms with Crippen molar-refractivity contribution in [2.75, 3.05) is 0 Å². The van der Waals surface area contributed by atoms with Crippen LogP contribution in [0.3, 0.4) is 0 Å². The maximum atomic E-state index is 11.5. The lowest BCUT2D eigenvalue weighted by molar-refractivity contribution is -0.141. The maximum absolute atomic E-state index is 11.5. The number of aliphatic carboxylic acids is 1. The van der Waals surface area contributed by atoms with Crippen molar-refractivity contribution in [3.63, 3.8) is 0 Å². The molecule has 0 aliphatic heterocycles. The molecule has 0 aliphatic carbocycles. The smallest absolute Gasteiger partial charge is 0.328 e. The molecule has 2 atom stereocenters. The van der Waals surface area contributed by atoms with E-state index in [1.165, 1.54) is 18.3 Å². The number of amides is 2. The topological polar surface area (TPSA) is 112 Å². The highest BCUT2D eigenvalue weighted by atomic mass is 32.1. The first kappa shape index (κ1) is 15.4. The van der Waals surface area contributed by atoms with Crippen LogP contribution in [0.4, 0.5) is 4.79 Å². The molecule has 0 fully saturated rings. The molecule has 2 amide bonds. The van der Waals surface area contributed by atoms with Gasteiger partial charge in [-0.05, 0) is 13.3 Å². The Balaban J connectivity index is 2.44. The lowest BCUT2D eigenvalue weighted by Gasteiger charge is -2.17. The molecule has 0 aliphatic rings. The fraction of sp³-hybridized carbons (Fsp3) is 0.545. The van der Waals surface area contributed by atoms with Gasteiger partial charge in [-0.3, -0.25) is 0 Å². The summed E-state index contributed by atoms with van der Waals surface area (Å²) in [6, 6.07) is -1.98. The van der Waals surface area contributed by atoms with Gasteiger partial charge >= 0.3 is 12.0 Å². The van der Waals surface area contributed by atoms with Crippen LogP contribution in [0.2, 0.25) is 0 Å². The number of nitrogens with zero attached hydrogens (tertiary/aromatic N) is 1. The third-order valence-electron chi connectivity index (χ3n) is 2.39. The summed E-state index contributed by atoms with van der Waals surface area (Å²) in [5.41, 5.74) is 0. The Labute approximate surface area is 114 Å². The number of aryl methyl sites for hydroxylation is 1. The summed E-state index contributed by atoms with van der Waals surface area (Å²) in [6.45, 7) is 3.54. The summed E-state index contributed by atoms with van der Waals surface area (Å²) in [7, 11) is 0. The molecule has 0 spiro atoms. The predicted octanol–water partition coefficient (Wildman–Crippen LogP) is 0.339. The van der Waals surface area contributed by atoms with E-state index in [1.807, 2.05) is 6.92 Å². The van der Waals surface area contributed by atoms with Crippen LogP contribution in [0.5, 0.6) is 0 Å². The number of aromatic nitrogens is 1. The zero-order chi connectivity index (χ0) is 14.4. The van der Waals surface area contributed by atoms with E-state index in [-0.39, 0.29) is 6.54 Å². The van der Waals surface area contributed by atoms with Crippen LogP contribution in [-0.2, 0) is 17.8 Å². The van der Waals surface area contributed by atoms with Crippen LogP contribution >= 0.6 is 11.3 Å². The average Bonchev–Trinajstić information content (AvgIpc) is 2.80. The monoisotopic (exact) mass is 287 g/mol. The molecule has 106 valence electrons. The maximum Gasteiger partial charge on any atom is 0.328 e. The van der Waals surface area contributed by atoms with Gasteiger partial charge in [0.1, 0.15) is 5.01 Å². The summed E-state index contributed by atoms with van der Waals surface area (Å²) in [6.07, 6.45) is 1.46. The van der Waals surface area contributed by atoms with Crippen LogP contribution in [-0.4, -0.2) is 39.3 Å². The Kier molecular flexibility index (Phi) is 5.71. The number of nitrogens with one attached hydrogen (secondary N) is 2. The minimum atomic E-state index is -1.33. The van der Waals surface area contributed by atoms with E-state index in [0.717, 1.165) is 16.3 Å². The zero-order valence-electron chi connectivity index (χ0n) is 10.7. The van der Waals surface area contributed by atoms with Crippen molar-refractivity contribution in [3.8, 4) is 0 Å². The molecule has 8 heteroatoms. The van der Waals surface area contributed by atoms with Crippen molar-refractivity contribution in [1.29, 1.82) is 0 Å². The summed E-state index contributed by atoms with van der Waals surface area (Å²) in [5.74, 6) is -1.28. The van der Waals surface area contributed by atoms with Gasteiger partial charge in [-0.25, -0.2) is 14.6 Å². The molecule has 0 saturated heterocycles. The van der Waals surface area contributed by atoms with Crippen molar-refractivity contribution >= 4 is 23.3 Å². The van der Waals surface area contributed by atoms with Crippen LogP contribution in [0.25, 0.3) is 0 Å². The summed E-state index contributed by atoms with van der Waals surface area (Å²) in [4.78, 5) is 27.5. The summed E-state index contributed by atoms with van der Waals surface area (Å²) < 4.78 is 0. The molecule has 7 nitrogen and oxygen atoms in total. The fourth-order valence-electron chi connectivity index (χ4n) is 1.33. The molecule has 4 N–H and O–H groups in total. The molecule has 1 heterocycles. The number of aliphatic hydroxyl groups excluding tert-OH is 1. The van der Waals surface area contributed by atoms with Gasteiger partial charge in [-0.2, -0.15) is 0 Å². The van der Waals surface area contributed by atoms with Crippen molar-refractivity contribution in [2.45, 2.75) is 39.0 Å². The lowest BCUT2D eigenvalue weighted by atomic mass is 10.2. The molecule has 1 aromatic rings. The van der Waals surface area contributed by atoms with Crippen molar-refractivity contribution in [3.05, 3.63) is 16.1 Å². The molecule has 0 bridgehead atoms. The largest absolute Gasteiger partial charge is 0.480 e. The molecule has 1 aromatic heterocycles. The first-order valence-corrected chi connectivity index (χ1v) is 6.64. The Morgan fingerprint density at radius 3 is 2.68 bits per heavy atom. The lowest BCUT2D eigenvalue weighted by Crippen LogP contribution is -2.50. The quantitative estimate of drug-likeness (QED) is 0.603. The molecular formula is C11H17N3O4S. The van der Waals surface area contributed by atoms with Crippen LogP contribution < -0.4 is 10.6 Å². The van der Waals surface area contributed by atoms with E-state index < -0.39 is 24.1 Å². The minimum absolute atomic E-state index is 0.225. The van der Waals surface area contributed by atoms with Crippen LogP contribution in [0.1, 0.15) is 23.7 Å². The number of aliphatic hydroxyl groups is 1. The van der Waals surface area contributed by atoms with Crippen molar-refractivity contribution in [2.24, 2.45) is 0 Å². The fourth-order valence-corrected chi connectivity index (χ4v) is 2.13. The minimum Gasteiger partial charge on any atom is -0.480 e. The number of hydrogen-bond acceptors (Lipinski definition) is 5. The van der Waals surface area contributed by atoms with Gasteiger partial charge in [0.2, 0.25) is 0 Å². The number of thiazole rings is 1. The van der Waals surface area contributed by atoms with Crippen molar-refractivity contribution in [1.82, 2.24) is 15.6 Å². The van der Waals surface area contributed by atoms with E-state index in [9.17, 15) is 14.7 Å². The van der Waals surface area contributed by atoms with Gasteiger partial charge < -0.3 is 20.8 Å². The van der Waals surface area contributed by atoms with E-state index in [2.05, 4.69) is 15.6 Å². The Morgan fingerprint density at radius 2 is 2.21 bits per heavy atom. The van der Waals surface area contributed by atoms with E-state index in [4.69, 9.17) is 5.11 Å². The Hall–Kier alpha value is -1.67. The molecule has 1 rings (SSSR count). The van der Waals surface area contributed by atoms with Gasteiger partial charge in [0, 0.05) is 11.1 Å². The third-order valence-corrected chi connectivity index (χ3v) is 3.53.